The van der Waals surface area contributed by atoms with Gasteiger partial charge >= 0.3 is 0 Å². The Morgan fingerprint density at radius 2 is 2.21 bits per heavy atom. The minimum absolute atomic E-state index is 0.494. The van der Waals surface area contributed by atoms with Gasteiger partial charge in [0.15, 0.2) is 0 Å². The van der Waals surface area contributed by atoms with E-state index in [1.165, 1.54) is 11.3 Å². The first-order valence-corrected chi connectivity index (χ1v) is 5.30. The number of anilines is 1. The normalized spacial score (nSPS) is 29.1. The van der Waals surface area contributed by atoms with Crippen LogP contribution in [-0.4, -0.2) is 25.8 Å². The van der Waals surface area contributed by atoms with Crippen molar-refractivity contribution >= 4 is 5.69 Å². The topological polar surface area (TPSA) is 15.8 Å². The lowest BCUT2D eigenvalue weighted by Gasteiger charge is -2.17. The van der Waals surface area contributed by atoms with E-state index in [1.807, 2.05) is 0 Å². The SMILES string of the molecule is CC1CN(C[C@@H]2CO2)c2ccccc21. The third kappa shape index (κ3) is 1.30. The van der Waals surface area contributed by atoms with Gasteiger partial charge in [0.05, 0.1) is 12.7 Å². The number of fused-ring (bicyclic) bond motifs is 1. The second-order valence-corrected chi connectivity index (χ2v) is 4.32. The predicted octanol–water partition coefficient (Wildman–Crippen LogP) is 2.01. The van der Waals surface area contributed by atoms with Gasteiger partial charge in [-0.3, -0.25) is 0 Å². The lowest BCUT2D eigenvalue weighted by atomic mass is 10.0. The maximum absolute atomic E-state index is 5.28. The molecule has 0 N–H and O–H groups in total. The molecular formula is C12H15NO. The van der Waals surface area contributed by atoms with Gasteiger partial charge in [-0.2, -0.15) is 0 Å². The molecule has 14 heavy (non-hydrogen) atoms. The van der Waals surface area contributed by atoms with Crippen LogP contribution in [0.4, 0.5) is 5.69 Å². The van der Waals surface area contributed by atoms with Gasteiger partial charge in [0, 0.05) is 24.7 Å². The molecule has 0 radical (unpaired) electrons. The minimum Gasteiger partial charge on any atom is -0.371 e. The molecule has 1 aromatic rings. The van der Waals surface area contributed by atoms with E-state index in [-0.39, 0.29) is 0 Å². The van der Waals surface area contributed by atoms with Crippen molar-refractivity contribution in [3.8, 4) is 0 Å². The van der Waals surface area contributed by atoms with Gasteiger partial charge in [0.2, 0.25) is 0 Å². The molecule has 2 nitrogen and oxygen atoms in total. The third-order valence-electron chi connectivity index (χ3n) is 3.13. The molecule has 2 atom stereocenters. The number of ether oxygens (including phenoxy) is 1. The zero-order valence-corrected chi connectivity index (χ0v) is 8.44. The van der Waals surface area contributed by atoms with E-state index in [0.717, 1.165) is 19.7 Å². The zero-order chi connectivity index (χ0) is 9.54. The molecule has 2 heterocycles. The summed E-state index contributed by atoms with van der Waals surface area (Å²) < 4.78 is 5.28. The van der Waals surface area contributed by atoms with E-state index in [2.05, 4.69) is 36.1 Å². The van der Waals surface area contributed by atoms with E-state index >= 15 is 0 Å². The summed E-state index contributed by atoms with van der Waals surface area (Å²) >= 11 is 0. The Balaban J connectivity index is 1.88. The quantitative estimate of drug-likeness (QED) is 0.661. The second kappa shape index (κ2) is 2.99. The van der Waals surface area contributed by atoms with Crippen LogP contribution in [-0.2, 0) is 4.74 Å². The van der Waals surface area contributed by atoms with Crippen LogP contribution in [0.1, 0.15) is 18.4 Å². The Bertz CT molecular complexity index is 344. The van der Waals surface area contributed by atoms with Crippen molar-refractivity contribution < 1.29 is 4.74 Å². The Morgan fingerprint density at radius 3 is 3.00 bits per heavy atom. The molecule has 1 saturated heterocycles. The van der Waals surface area contributed by atoms with Crippen molar-refractivity contribution in [3.63, 3.8) is 0 Å². The summed E-state index contributed by atoms with van der Waals surface area (Å²) in [7, 11) is 0. The van der Waals surface area contributed by atoms with Gasteiger partial charge in [-0.25, -0.2) is 0 Å². The van der Waals surface area contributed by atoms with E-state index < -0.39 is 0 Å². The maximum Gasteiger partial charge on any atom is 0.0984 e. The van der Waals surface area contributed by atoms with E-state index in [1.54, 1.807) is 0 Å². The summed E-state index contributed by atoms with van der Waals surface area (Å²) in [5, 5.41) is 0. The number of nitrogens with zero attached hydrogens (tertiary/aromatic N) is 1. The van der Waals surface area contributed by atoms with Crippen LogP contribution in [0, 0.1) is 0 Å². The number of para-hydroxylation sites is 1. The Hall–Kier alpha value is -1.02. The van der Waals surface area contributed by atoms with Gasteiger partial charge in [0.1, 0.15) is 0 Å². The maximum atomic E-state index is 5.28. The van der Waals surface area contributed by atoms with Crippen molar-refractivity contribution in [3.05, 3.63) is 29.8 Å². The fraction of sp³-hybridized carbons (Fsp3) is 0.500. The zero-order valence-electron chi connectivity index (χ0n) is 8.44. The summed E-state index contributed by atoms with van der Waals surface area (Å²) in [4.78, 5) is 2.46. The summed E-state index contributed by atoms with van der Waals surface area (Å²) in [6.45, 7) is 5.47. The molecule has 74 valence electrons. The number of hydrogen-bond acceptors (Lipinski definition) is 2. The Morgan fingerprint density at radius 1 is 1.43 bits per heavy atom. The third-order valence-corrected chi connectivity index (χ3v) is 3.13. The van der Waals surface area contributed by atoms with Crippen LogP contribution in [0.2, 0.25) is 0 Å². The molecule has 1 fully saturated rings. The first-order chi connectivity index (χ1) is 6.84. The molecule has 0 aliphatic carbocycles. The molecule has 0 saturated carbocycles. The number of epoxide rings is 1. The average molecular weight is 189 g/mol. The predicted molar refractivity (Wildman–Crippen MR) is 56.8 cm³/mol. The summed E-state index contributed by atoms with van der Waals surface area (Å²) in [5.41, 5.74) is 2.91. The van der Waals surface area contributed by atoms with Crippen LogP contribution in [0.15, 0.2) is 24.3 Å². The van der Waals surface area contributed by atoms with Crippen LogP contribution < -0.4 is 4.90 Å². The number of hydrogen-bond donors (Lipinski definition) is 0. The highest BCUT2D eigenvalue weighted by Crippen LogP contribution is 2.36. The van der Waals surface area contributed by atoms with Crippen LogP contribution >= 0.6 is 0 Å². The average Bonchev–Trinajstić information content (AvgIpc) is 2.95. The Kier molecular flexibility index (Phi) is 1.77. The molecule has 2 heteroatoms. The highest BCUT2D eigenvalue weighted by atomic mass is 16.6. The highest BCUT2D eigenvalue weighted by molar-refractivity contribution is 5.60. The molecule has 3 rings (SSSR count). The van der Waals surface area contributed by atoms with Gasteiger partial charge in [-0.15, -0.1) is 0 Å². The first kappa shape index (κ1) is 8.30. The molecule has 1 unspecified atom stereocenters. The van der Waals surface area contributed by atoms with Gasteiger partial charge in [-0.05, 0) is 11.6 Å². The molecule has 1 aromatic carbocycles. The number of benzene rings is 1. The van der Waals surface area contributed by atoms with Gasteiger partial charge < -0.3 is 9.64 Å². The largest absolute Gasteiger partial charge is 0.371 e. The van der Waals surface area contributed by atoms with E-state index in [9.17, 15) is 0 Å². The molecular weight excluding hydrogens is 174 g/mol. The van der Waals surface area contributed by atoms with Crippen molar-refractivity contribution in [2.45, 2.75) is 18.9 Å². The van der Waals surface area contributed by atoms with Crippen LogP contribution in [0.25, 0.3) is 0 Å². The van der Waals surface area contributed by atoms with E-state index in [0.29, 0.717) is 12.0 Å². The molecule has 2 aliphatic rings. The lowest BCUT2D eigenvalue weighted by Crippen LogP contribution is -2.25. The minimum atomic E-state index is 0.494. The van der Waals surface area contributed by atoms with Crippen molar-refractivity contribution in [1.82, 2.24) is 0 Å². The number of rotatable bonds is 2. The lowest BCUT2D eigenvalue weighted by molar-refractivity contribution is 0.408. The van der Waals surface area contributed by atoms with Gasteiger partial charge in [-0.1, -0.05) is 25.1 Å². The molecule has 0 amide bonds. The second-order valence-electron chi connectivity index (χ2n) is 4.32. The fourth-order valence-corrected chi connectivity index (χ4v) is 2.31. The molecule has 0 aromatic heterocycles. The fourth-order valence-electron chi connectivity index (χ4n) is 2.31. The molecule has 0 bridgehead atoms. The molecule has 2 aliphatic heterocycles. The molecule has 0 spiro atoms. The standard InChI is InChI=1S/C12H15NO/c1-9-6-13(7-10-8-14-10)12-5-3-2-4-11(9)12/h2-5,9-10H,6-8H2,1H3/t9?,10-/m1/s1. The van der Waals surface area contributed by atoms with Gasteiger partial charge in [0.25, 0.3) is 0 Å². The van der Waals surface area contributed by atoms with E-state index in [4.69, 9.17) is 4.74 Å². The van der Waals surface area contributed by atoms with Crippen molar-refractivity contribution in [2.24, 2.45) is 0 Å². The summed E-state index contributed by atoms with van der Waals surface area (Å²) in [6, 6.07) is 8.72. The van der Waals surface area contributed by atoms with Crippen molar-refractivity contribution in [1.29, 1.82) is 0 Å². The highest BCUT2D eigenvalue weighted by Gasteiger charge is 2.31. The summed E-state index contributed by atoms with van der Waals surface area (Å²) in [5.74, 6) is 0.671. The van der Waals surface area contributed by atoms with Crippen LogP contribution in [0.5, 0.6) is 0 Å². The monoisotopic (exact) mass is 189 g/mol. The smallest absolute Gasteiger partial charge is 0.0984 e. The first-order valence-electron chi connectivity index (χ1n) is 5.30. The Labute approximate surface area is 84.5 Å². The van der Waals surface area contributed by atoms with Crippen LogP contribution in [0.3, 0.4) is 0 Å². The summed E-state index contributed by atoms with van der Waals surface area (Å²) in [6.07, 6.45) is 0.494. The van der Waals surface area contributed by atoms with Crippen molar-refractivity contribution in [2.75, 3.05) is 24.6 Å².